The maximum absolute atomic E-state index is 12.0. The minimum Gasteiger partial charge on any atom is -0.266 e. The third-order valence-electron chi connectivity index (χ3n) is 2.80. The summed E-state index contributed by atoms with van der Waals surface area (Å²) in [6.07, 6.45) is 9.75. The number of fused-ring (bicyclic) bond motifs is 1. The highest BCUT2D eigenvalue weighted by Gasteiger charge is 2.25. The van der Waals surface area contributed by atoms with Crippen LogP contribution in [0.4, 0.5) is 0 Å². The van der Waals surface area contributed by atoms with Crippen LogP contribution in [-0.4, -0.2) is 16.9 Å². The molecule has 19 heavy (non-hydrogen) atoms. The van der Waals surface area contributed by atoms with Crippen LogP contribution < -0.4 is 0 Å². The molecule has 4 heteroatoms. The zero-order valence-electron chi connectivity index (χ0n) is 9.92. The molecule has 94 valence electrons. The van der Waals surface area contributed by atoms with E-state index >= 15 is 0 Å². The van der Waals surface area contributed by atoms with E-state index in [0.717, 1.165) is 15.7 Å². The van der Waals surface area contributed by atoms with Crippen molar-refractivity contribution in [2.45, 2.75) is 5.25 Å². The van der Waals surface area contributed by atoms with Crippen molar-refractivity contribution >= 4 is 45.4 Å². The van der Waals surface area contributed by atoms with Gasteiger partial charge in [-0.05, 0) is 29.8 Å². The molecule has 0 spiro atoms. The number of carbonyl (C=O) groups excluding carboxylic acids is 1. The fourth-order valence-electron chi connectivity index (χ4n) is 1.92. The van der Waals surface area contributed by atoms with Crippen molar-refractivity contribution in [3.05, 3.63) is 63.5 Å². The summed E-state index contributed by atoms with van der Waals surface area (Å²) in [5.41, 5.74) is 1.84. The lowest BCUT2D eigenvalue weighted by molar-refractivity contribution is -0.113. The number of benzene rings is 1. The van der Waals surface area contributed by atoms with E-state index in [1.54, 1.807) is 11.8 Å². The number of rotatable bonds is 1. The number of aliphatic imine (C=N–C) groups is 1. The lowest BCUT2D eigenvalue weighted by Crippen LogP contribution is -2.22. The van der Waals surface area contributed by atoms with Gasteiger partial charge in [0.15, 0.2) is 0 Å². The van der Waals surface area contributed by atoms with Crippen molar-refractivity contribution in [3.63, 3.8) is 0 Å². The van der Waals surface area contributed by atoms with Gasteiger partial charge in [-0.2, -0.15) is 0 Å². The van der Waals surface area contributed by atoms with Crippen LogP contribution in [0.5, 0.6) is 0 Å². The molecule has 1 aliphatic heterocycles. The summed E-state index contributed by atoms with van der Waals surface area (Å²) in [6, 6.07) is 7.87. The number of carbonyl (C=O) groups is 1. The molecular weight excluding hydrogens is 322 g/mol. The molecule has 3 rings (SSSR count). The highest BCUT2D eigenvalue weighted by molar-refractivity contribution is 9.10. The molecule has 1 unspecified atom stereocenters. The highest BCUT2D eigenvalue weighted by Crippen LogP contribution is 2.33. The molecule has 1 aromatic rings. The van der Waals surface area contributed by atoms with E-state index in [1.165, 1.54) is 0 Å². The topological polar surface area (TPSA) is 29.4 Å². The van der Waals surface area contributed by atoms with E-state index in [-0.39, 0.29) is 11.2 Å². The molecule has 0 fully saturated rings. The number of halogens is 1. The zero-order valence-corrected chi connectivity index (χ0v) is 12.3. The van der Waals surface area contributed by atoms with Crippen LogP contribution in [-0.2, 0) is 4.79 Å². The lowest BCUT2D eigenvalue weighted by atomic mass is 10.1. The second-order valence-corrected chi connectivity index (χ2v) is 6.29. The van der Waals surface area contributed by atoms with E-state index in [2.05, 4.69) is 27.0 Å². The summed E-state index contributed by atoms with van der Waals surface area (Å²) in [7, 11) is 0. The number of hydrogen-bond acceptors (Lipinski definition) is 2. The van der Waals surface area contributed by atoms with Crippen molar-refractivity contribution in [2.75, 3.05) is 0 Å². The Kier molecular flexibility index (Phi) is 3.53. The average Bonchev–Trinajstić information content (AvgIpc) is 2.40. The Balaban J connectivity index is 1.94. The number of hydrogen-bond donors (Lipinski definition) is 0. The normalized spacial score (nSPS) is 23.4. The molecule has 2 nitrogen and oxygen atoms in total. The van der Waals surface area contributed by atoms with Crippen molar-refractivity contribution < 1.29 is 4.79 Å². The molecule has 1 heterocycles. The molecule has 0 saturated carbocycles. The first kappa shape index (κ1) is 12.6. The fourth-order valence-corrected chi connectivity index (χ4v) is 3.38. The van der Waals surface area contributed by atoms with Gasteiger partial charge in [0, 0.05) is 4.47 Å². The molecule has 1 aromatic carbocycles. The number of thioether (sulfide) groups is 1. The van der Waals surface area contributed by atoms with Crippen LogP contribution in [0.3, 0.4) is 0 Å². The molecule has 0 radical (unpaired) electrons. The van der Waals surface area contributed by atoms with Gasteiger partial charge in [0.2, 0.25) is 0 Å². The van der Waals surface area contributed by atoms with Gasteiger partial charge in [0.05, 0.1) is 15.9 Å². The van der Waals surface area contributed by atoms with E-state index in [0.29, 0.717) is 4.91 Å². The van der Waals surface area contributed by atoms with Crippen LogP contribution >= 0.6 is 27.7 Å². The summed E-state index contributed by atoms with van der Waals surface area (Å²) in [4.78, 5) is 16.8. The van der Waals surface area contributed by atoms with Crippen molar-refractivity contribution in [2.24, 2.45) is 4.99 Å². The van der Waals surface area contributed by atoms with E-state index in [9.17, 15) is 4.79 Å². The maximum Gasteiger partial charge on any atom is 0.283 e. The van der Waals surface area contributed by atoms with E-state index < -0.39 is 0 Å². The summed E-state index contributed by atoms with van der Waals surface area (Å²) >= 11 is 4.98. The third-order valence-corrected chi connectivity index (χ3v) is 4.49. The maximum atomic E-state index is 12.0. The average molecular weight is 332 g/mol. The Hall–Kier alpha value is -1.39. The molecular formula is C15H10BrNOS. The van der Waals surface area contributed by atoms with Gasteiger partial charge in [0.1, 0.15) is 0 Å². The van der Waals surface area contributed by atoms with E-state index in [1.807, 2.05) is 48.6 Å². The van der Waals surface area contributed by atoms with Crippen LogP contribution in [0, 0.1) is 0 Å². The Morgan fingerprint density at radius 3 is 3.05 bits per heavy atom. The third kappa shape index (κ3) is 2.80. The highest BCUT2D eigenvalue weighted by atomic mass is 79.9. The minimum atomic E-state index is -0.156. The largest absolute Gasteiger partial charge is 0.283 e. The smallest absolute Gasteiger partial charge is 0.266 e. The van der Waals surface area contributed by atoms with Gasteiger partial charge in [0.25, 0.3) is 5.91 Å². The summed E-state index contributed by atoms with van der Waals surface area (Å²) in [6.45, 7) is 0. The number of nitrogens with zero attached hydrogens (tertiary/aromatic N) is 1. The van der Waals surface area contributed by atoms with Gasteiger partial charge < -0.3 is 0 Å². The summed E-state index contributed by atoms with van der Waals surface area (Å²) < 4.78 is 1.000. The number of amides is 1. The lowest BCUT2D eigenvalue weighted by Gasteiger charge is -2.20. The molecule has 0 bridgehead atoms. The minimum absolute atomic E-state index is 0.154. The van der Waals surface area contributed by atoms with E-state index in [4.69, 9.17) is 0 Å². The van der Waals surface area contributed by atoms with Gasteiger partial charge in [-0.1, -0.05) is 46.3 Å². The van der Waals surface area contributed by atoms with Gasteiger partial charge in [-0.3, -0.25) is 4.79 Å². The van der Waals surface area contributed by atoms with Gasteiger partial charge >= 0.3 is 0 Å². The molecule has 0 N–H and O–H groups in total. The van der Waals surface area contributed by atoms with Crippen molar-refractivity contribution in [1.82, 2.24) is 0 Å². The monoisotopic (exact) mass is 331 g/mol. The van der Waals surface area contributed by atoms with Gasteiger partial charge in [-0.15, -0.1) is 11.8 Å². The van der Waals surface area contributed by atoms with Crippen molar-refractivity contribution in [1.29, 1.82) is 0 Å². The standard InChI is InChI=1S/C15H10BrNOS/c16-11-5-3-4-10(8-11)9-14-15(18)17-12-6-1-2-7-13(12)19-14/h1-9,13H/b14-9-. The molecule has 0 saturated heterocycles. The summed E-state index contributed by atoms with van der Waals surface area (Å²) in [5.74, 6) is -0.156. The predicted octanol–water partition coefficient (Wildman–Crippen LogP) is 4.00. The second-order valence-electron chi connectivity index (χ2n) is 4.19. The Morgan fingerprint density at radius 1 is 1.32 bits per heavy atom. The number of allylic oxidation sites excluding steroid dienone is 3. The molecule has 1 aliphatic carbocycles. The quantitative estimate of drug-likeness (QED) is 0.728. The van der Waals surface area contributed by atoms with Crippen LogP contribution in [0.15, 0.2) is 62.9 Å². The first-order valence-corrected chi connectivity index (χ1v) is 7.51. The summed E-state index contributed by atoms with van der Waals surface area (Å²) in [5, 5.41) is 0.154. The Bertz CT molecular complexity index is 658. The first-order chi connectivity index (χ1) is 9.22. The SMILES string of the molecule is O=C1N=C2C=CC=CC2S/C1=C\c1cccc(Br)c1. The van der Waals surface area contributed by atoms with Crippen LogP contribution in [0.25, 0.3) is 6.08 Å². The molecule has 0 aromatic heterocycles. The van der Waals surface area contributed by atoms with Crippen molar-refractivity contribution in [3.8, 4) is 0 Å². The van der Waals surface area contributed by atoms with Crippen LogP contribution in [0.1, 0.15) is 5.56 Å². The first-order valence-electron chi connectivity index (χ1n) is 5.84. The molecule has 1 atom stereocenters. The molecule has 1 amide bonds. The Labute approximate surface area is 124 Å². The fraction of sp³-hybridized carbons (Fsp3) is 0.0667. The van der Waals surface area contributed by atoms with Crippen LogP contribution in [0.2, 0.25) is 0 Å². The second kappa shape index (κ2) is 5.31. The Morgan fingerprint density at radius 2 is 2.21 bits per heavy atom. The zero-order chi connectivity index (χ0) is 13.2. The predicted molar refractivity (Wildman–Crippen MR) is 84.2 cm³/mol. The van der Waals surface area contributed by atoms with Gasteiger partial charge in [-0.25, -0.2) is 4.99 Å². The molecule has 2 aliphatic rings.